The lowest BCUT2D eigenvalue weighted by Crippen LogP contribution is -2.14. The van der Waals surface area contributed by atoms with Crippen molar-refractivity contribution in [2.75, 3.05) is 0 Å². The third-order valence-corrected chi connectivity index (χ3v) is 4.07. The minimum absolute atomic E-state index is 0.172. The maximum Gasteiger partial charge on any atom is 0.273 e. The lowest BCUT2D eigenvalue weighted by molar-refractivity contribution is 0.789. The molecular formula is C14H17N3OS. The van der Waals surface area contributed by atoms with Crippen LogP contribution in [0.5, 0.6) is 0 Å². The summed E-state index contributed by atoms with van der Waals surface area (Å²) >= 11 is 1.50. The smallest absolute Gasteiger partial charge is 0.273 e. The molecular weight excluding hydrogens is 258 g/mol. The van der Waals surface area contributed by atoms with Crippen molar-refractivity contribution in [3.63, 3.8) is 0 Å². The van der Waals surface area contributed by atoms with Gasteiger partial charge in [-0.3, -0.25) is 9.78 Å². The summed E-state index contributed by atoms with van der Waals surface area (Å²) in [4.78, 5) is 14.2. The summed E-state index contributed by atoms with van der Waals surface area (Å²) in [6, 6.07) is 4.38. The number of H-pyrrole nitrogens is 1. The third-order valence-electron chi connectivity index (χ3n) is 3.16. The van der Waals surface area contributed by atoms with Gasteiger partial charge in [0.05, 0.1) is 0 Å². The van der Waals surface area contributed by atoms with E-state index in [-0.39, 0.29) is 5.56 Å². The highest BCUT2D eigenvalue weighted by Gasteiger charge is 2.05. The summed E-state index contributed by atoms with van der Waals surface area (Å²) in [5.74, 6) is 0.778. The lowest BCUT2D eigenvalue weighted by atomic mass is 10.0. The predicted molar refractivity (Wildman–Crippen MR) is 77.6 cm³/mol. The van der Waals surface area contributed by atoms with E-state index in [0.29, 0.717) is 10.9 Å². The molecule has 1 N–H and O–H groups in total. The summed E-state index contributed by atoms with van der Waals surface area (Å²) in [6.45, 7) is 7.97. The van der Waals surface area contributed by atoms with Crippen LogP contribution in [0.25, 0.3) is 0 Å². The van der Waals surface area contributed by atoms with E-state index in [2.05, 4.69) is 48.1 Å². The van der Waals surface area contributed by atoms with Crippen molar-refractivity contribution in [2.45, 2.75) is 38.6 Å². The zero-order valence-corrected chi connectivity index (χ0v) is 12.4. The van der Waals surface area contributed by atoms with Crippen molar-refractivity contribution >= 4 is 11.8 Å². The average molecular weight is 275 g/mol. The van der Waals surface area contributed by atoms with E-state index in [1.165, 1.54) is 34.0 Å². The Bertz CT molecular complexity index is 664. The minimum atomic E-state index is -0.172. The van der Waals surface area contributed by atoms with Crippen LogP contribution in [0.4, 0.5) is 0 Å². The number of aromatic nitrogens is 3. The van der Waals surface area contributed by atoms with Crippen molar-refractivity contribution < 1.29 is 0 Å². The Morgan fingerprint density at radius 2 is 1.74 bits per heavy atom. The summed E-state index contributed by atoms with van der Waals surface area (Å²) in [5.41, 5.74) is 5.33. The van der Waals surface area contributed by atoms with Gasteiger partial charge < -0.3 is 0 Å². The second-order valence-electron chi connectivity index (χ2n) is 4.70. The van der Waals surface area contributed by atoms with E-state index in [0.717, 1.165) is 5.75 Å². The molecule has 2 aromatic rings. The van der Waals surface area contributed by atoms with Gasteiger partial charge in [-0.05, 0) is 49.9 Å². The lowest BCUT2D eigenvalue weighted by Gasteiger charge is -2.09. The second-order valence-corrected chi connectivity index (χ2v) is 5.66. The fourth-order valence-electron chi connectivity index (χ4n) is 1.77. The van der Waals surface area contributed by atoms with E-state index in [1.54, 1.807) is 6.92 Å². The molecule has 5 heteroatoms. The quantitative estimate of drug-likeness (QED) is 0.875. The molecule has 19 heavy (non-hydrogen) atoms. The average Bonchev–Trinajstić information content (AvgIpc) is 2.36. The molecule has 2 rings (SSSR count). The van der Waals surface area contributed by atoms with Crippen LogP contribution in [0.3, 0.4) is 0 Å². The highest BCUT2D eigenvalue weighted by Crippen LogP contribution is 2.22. The number of hydrogen-bond donors (Lipinski definition) is 1. The fraction of sp³-hybridized carbons (Fsp3) is 0.357. The Hall–Kier alpha value is -1.62. The SMILES string of the molecule is Cc1cc(C)c(CSc2nnc(C)c(=O)[nH]2)cc1C. The van der Waals surface area contributed by atoms with E-state index in [4.69, 9.17) is 0 Å². The standard InChI is InChI=1S/C14H17N3OS/c1-8-5-10(3)12(6-9(8)2)7-19-14-15-13(18)11(4)16-17-14/h5-6H,7H2,1-4H3,(H,15,17,18). The Balaban J connectivity index is 2.16. The number of aromatic amines is 1. The van der Waals surface area contributed by atoms with Crippen LogP contribution in [0.1, 0.15) is 27.9 Å². The maximum absolute atomic E-state index is 11.4. The number of hydrogen-bond acceptors (Lipinski definition) is 4. The van der Waals surface area contributed by atoms with Crippen LogP contribution in [0, 0.1) is 27.7 Å². The number of benzene rings is 1. The normalized spacial score (nSPS) is 10.7. The molecule has 0 aliphatic heterocycles. The molecule has 0 fully saturated rings. The molecule has 1 heterocycles. The summed E-state index contributed by atoms with van der Waals surface area (Å²) in [7, 11) is 0. The van der Waals surface area contributed by atoms with Gasteiger partial charge in [-0.1, -0.05) is 23.9 Å². The van der Waals surface area contributed by atoms with Crippen LogP contribution in [-0.4, -0.2) is 15.2 Å². The van der Waals surface area contributed by atoms with Gasteiger partial charge in [0, 0.05) is 5.75 Å². The first-order chi connectivity index (χ1) is 8.97. The van der Waals surface area contributed by atoms with Crippen LogP contribution in [-0.2, 0) is 5.75 Å². The number of rotatable bonds is 3. The zero-order chi connectivity index (χ0) is 14.0. The van der Waals surface area contributed by atoms with E-state index in [1.807, 2.05) is 0 Å². The van der Waals surface area contributed by atoms with Gasteiger partial charge in [-0.25, -0.2) is 0 Å². The van der Waals surface area contributed by atoms with Gasteiger partial charge in [0.2, 0.25) is 0 Å². The molecule has 0 radical (unpaired) electrons. The van der Waals surface area contributed by atoms with Crippen molar-refractivity contribution in [1.29, 1.82) is 0 Å². The molecule has 0 aliphatic rings. The Kier molecular flexibility index (Phi) is 4.04. The van der Waals surface area contributed by atoms with Gasteiger partial charge >= 0.3 is 0 Å². The third kappa shape index (κ3) is 3.23. The molecule has 0 bridgehead atoms. The molecule has 0 unspecified atom stereocenters. The highest BCUT2D eigenvalue weighted by atomic mass is 32.2. The van der Waals surface area contributed by atoms with Crippen LogP contribution in [0.15, 0.2) is 22.1 Å². The molecule has 100 valence electrons. The largest absolute Gasteiger partial charge is 0.298 e. The first-order valence-corrected chi connectivity index (χ1v) is 7.09. The summed E-state index contributed by atoms with van der Waals surface area (Å²) in [6.07, 6.45) is 0. The van der Waals surface area contributed by atoms with Gasteiger partial charge in [-0.2, -0.15) is 0 Å². The number of nitrogens with zero attached hydrogens (tertiary/aromatic N) is 2. The number of thioether (sulfide) groups is 1. The maximum atomic E-state index is 11.4. The van der Waals surface area contributed by atoms with E-state index in [9.17, 15) is 4.79 Å². The second kappa shape index (κ2) is 5.57. The Morgan fingerprint density at radius 1 is 1.05 bits per heavy atom. The molecule has 1 aromatic heterocycles. The van der Waals surface area contributed by atoms with Crippen molar-refractivity contribution in [2.24, 2.45) is 0 Å². The van der Waals surface area contributed by atoms with Crippen molar-refractivity contribution in [1.82, 2.24) is 15.2 Å². The molecule has 0 amide bonds. The molecule has 0 aliphatic carbocycles. The predicted octanol–water partition coefficient (Wildman–Crippen LogP) is 2.69. The van der Waals surface area contributed by atoms with Crippen LogP contribution < -0.4 is 5.56 Å². The summed E-state index contributed by atoms with van der Waals surface area (Å²) < 4.78 is 0. The summed E-state index contributed by atoms with van der Waals surface area (Å²) in [5, 5.41) is 8.37. The van der Waals surface area contributed by atoms with Gasteiger partial charge in [-0.15, -0.1) is 10.2 Å². The Morgan fingerprint density at radius 3 is 2.42 bits per heavy atom. The topological polar surface area (TPSA) is 58.6 Å². The molecule has 0 saturated carbocycles. The minimum Gasteiger partial charge on any atom is -0.298 e. The first-order valence-electron chi connectivity index (χ1n) is 6.10. The zero-order valence-electron chi connectivity index (χ0n) is 11.6. The molecule has 0 spiro atoms. The number of nitrogens with one attached hydrogen (secondary N) is 1. The van der Waals surface area contributed by atoms with Gasteiger partial charge in [0.1, 0.15) is 5.69 Å². The van der Waals surface area contributed by atoms with Gasteiger partial charge in [0.25, 0.3) is 5.56 Å². The van der Waals surface area contributed by atoms with Crippen LogP contribution in [0.2, 0.25) is 0 Å². The first kappa shape index (κ1) is 13.8. The molecule has 0 atom stereocenters. The molecule has 0 saturated heterocycles. The highest BCUT2D eigenvalue weighted by molar-refractivity contribution is 7.98. The van der Waals surface area contributed by atoms with Crippen molar-refractivity contribution in [3.8, 4) is 0 Å². The van der Waals surface area contributed by atoms with Crippen LogP contribution >= 0.6 is 11.8 Å². The molecule has 4 nitrogen and oxygen atoms in total. The Labute approximate surface area is 116 Å². The van der Waals surface area contributed by atoms with Gasteiger partial charge in [0.15, 0.2) is 5.16 Å². The number of aryl methyl sites for hydroxylation is 4. The fourth-order valence-corrected chi connectivity index (χ4v) is 2.63. The van der Waals surface area contributed by atoms with E-state index < -0.39 is 0 Å². The monoisotopic (exact) mass is 275 g/mol. The van der Waals surface area contributed by atoms with Crippen molar-refractivity contribution in [3.05, 3.63) is 50.4 Å². The molecule has 1 aromatic carbocycles. The van der Waals surface area contributed by atoms with E-state index >= 15 is 0 Å².